The number of ether oxygens (including phenoxy) is 1. The Bertz CT molecular complexity index is 712. The van der Waals surface area contributed by atoms with Crippen LogP contribution >= 0.6 is 11.3 Å². The first-order chi connectivity index (χ1) is 13.7. The number of thiophene rings is 1. The third-order valence-corrected chi connectivity index (χ3v) is 7.40. The molecule has 2 fully saturated rings. The molecule has 6 nitrogen and oxygen atoms in total. The van der Waals surface area contributed by atoms with Gasteiger partial charge in [-0.1, -0.05) is 0 Å². The maximum atomic E-state index is 13.2. The van der Waals surface area contributed by atoms with Crippen molar-refractivity contribution in [2.24, 2.45) is 0 Å². The Hall–Kier alpha value is -1.60. The number of carbonyl (C=O) groups excluding carboxylic acids is 2. The number of rotatable bonds is 3. The van der Waals surface area contributed by atoms with Gasteiger partial charge in [-0.25, -0.2) is 4.79 Å². The molecule has 1 aliphatic carbocycles. The largest absolute Gasteiger partial charge is 0.450 e. The fraction of sp³-hybridized carbons (Fsp3) is 0.714. The molecule has 1 aromatic heterocycles. The fourth-order valence-electron chi connectivity index (χ4n) is 4.76. The summed E-state index contributed by atoms with van der Waals surface area (Å²) in [5, 5.41) is 2.21. The first-order valence-electron chi connectivity index (χ1n) is 10.7. The number of carbonyl (C=O) groups is 2. The molecule has 2 amide bonds. The van der Waals surface area contributed by atoms with Gasteiger partial charge in [0.2, 0.25) is 0 Å². The molecule has 0 aromatic carbocycles. The van der Waals surface area contributed by atoms with Crippen molar-refractivity contribution < 1.29 is 14.3 Å². The molecule has 28 heavy (non-hydrogen) atoms. The molecule has 2 aliphatic heterocycles. The van der Waals surface area contributed by atoms with Crippen LogP contribution in [-0.2, 0) is 17.6 Å². The minimum Gasteiger partial charge on any atom is -0.450 e. The van der Waals surface area contributed by atoms with E-state index in [0.717, 1.165) is 56.7 Å². The number of fused-ring (bicyclic) bond motifs is 1. The summed E-state index contributed by atoms with van der Waals surface area (Å²) in [6.45, 7) is 7.08. The van der Waals surface area contributed by atoms with Gasteiger partial charge in [0.05, 0.1) is 11.5 Å². The van der Waals surface area contributed by atoms with Gasteiger partial charge in [-0.2, -0.15) is 0 Å². The van der Waals surface area contributed by atoms with Crippen LogP contribution in [0.1, 0.15) is 53.4 Å². The number of piperazine rings is 1. The SMILES string of the molecule is CCOC(=O)N1CCN([C@@H]2CCCN(C(=O)c3scc4c3CCCC4)C2)CC1. The summed E-state index contributed by atoms with van der Waals surface area (Å²) in [5.41, 5.74) is 2.73. The Morgan fingerprint density at radius 3 is 2.64 bits per heavy atom. The summed E-state index contributed by atoms with van der Waals surface area (Å²) in [6, 6.07) is 0.401. The minimum atomic E-state index is -0.204. The van der Waals surface area contributed by atoms with E-state index >= 15 is 0 Å². The van der Waals surface area contributed by atoms with Crippen LogP contribution in [-0.4, -0.2) is 78.6 Å². The quantitative estimate of drug-likeness (QED) is 0.776. The van der Waals surface area contributed by atoms with Crippen molar-refractivity contribution in [1.29, 1.82) is 0 Å². The van der Waals surface area contributed by atoms with E-state index in [1.54, 1.807) is 16.2 Å². The number of hydrogen-bond acceptors (Lipinski definition) is 5. The predicted molar refractivity (Wildman–Crippen MR) is 110 cm³/mol. The molecule has 154 valence electrons. The van der Waals surface area contributed by atoms with Gasteiger partial charge in [0.15, 0.2) is 0 Å². The molecule has 3 aliphatic rings. The number of nitrogens with zero attached hydrogens (tertiary/aromatic N) is 3. The third kappa shape index (κ3) is 4.06. The zero-order valence-corrected chi connectivity index (χ0v) is 17.6. The van der Waals surface area contributed by atoms with Crippen LogP contribution in [0.4, 0.5) is 4.79 Å². The van der Waals surface area contributed by atoms with Crippen LogP contribution in [0.5, 0.6) is 0 Å². The first kappa shape index (κ1) is 19.7. The van der Waals surface area contributed by atoms with Crippen LogP contribution in [0.25, 0.3) is 0 Å². The Morgan fingerprint density at radius 2 is 1.86 bits per heavy atom. The lowest BCUT2D eigenvalue weighted by Crippen LogP contribution is -2.56. The van der Waals surface area contributed by atoms with E-state index < -0.39 is 0 Å². The van der Waals surface area contributed by atoms with Crippen molar-refractivity contribution in [3.05, 3.63) is 21.4 Å². The highest BCUT2D eigenvalue weighted by atomic mass is 32.1. The molecule has 4 rings (SSSR count). The van der Waals surface area contributed by atoms with E-state index in [4.69, 9.17) is 4.74 Å². The fourth-order valence-corrected chi connectivity index (χ4v) is 5.89. The first-order valence-corrected chi connectivity index (χ1v) is 11.6. The summed E-state index contributed by atoms with van der Waals surface area (Å²) in [4.78, 5) is 32.4. The molecule has 0 saturated carbocycles. The Balaban J connectivity index is 1.35. The zero-order chi connectivity index (χ0) is 19.5. The molecule has 0 spiro atoms. The van der Waals surface area contributed by atoms with E-state index in [1.807, 2.05) is 6.92 Å². The van der Waals surface area contributed by atoms with Crippen molar-refractivity contribution in [1.82, 2.24) is 14.7 Å². The van der Waals surface area contributed by atoms with E-state index in [2.05, 4.69) is 15.2 Å². The second kappa shape index (κ2) is 8.82. The van der Waals surface area contributed by atoms with Gasteiger partial charge in [-0.15, -0.1) is 11.3 Å². The van der Waals surface area contributed by atoms with E-state index in [0.29, 0.717) is 25.7 Å². The molecule has 2 saturated heterocycles. The van der Waals surface area contributed by atoms with Crippen molar-refractivity contribution in [3.8, 4) is 0 Å². The van der Waals surface area contributed by atoms with Gasteiger partial charge in [0, 0.05) is 45.3 Å². The van der Waals surface area contributed by atoms with Crippen LogP contribution in [0.3, 0.4) is 0 Å². The number of likely N-dealkylation sites (tertiary alicyclic amines) is 1. The summed E-state index contributed by atoms with van der Waals surface area (Å²) < 4.78 is 5.11. The maximum absolute atomic E-state index is 13.2. The van der Waals surface area contributed by atoms with Gasteiger partial charge in [-0.3, -0.25) is 9.69 Å². The third-order valence-electron chi connectivity index (χ3n) is 6.34. The number of amides is 2. The average molecular weight is 406 g/mol. The summed E-state index contributed by atoms with van der Waals surface area (Å²) in [7, 11) is 0. The Kier molecular flexibility index (Phi) is 6.21. The average Bonchev–Trinajstić information content (AvgIpc) is 3.18. The van der Waals surface area contributed by atoms with E-state index in [-0.39, 0.29) is 12.0 Å². The molecular weight excluding hydrogens is 374 g/mol. The molecule has 7 heteroatoms. The molecule has 1 atom stereocenters. The predicted octanol–water partition coefficient (Wildman–Crippen LogP) is 3.01. The molecular formula is C21H31N3O3S. The second-order valence-corrected chi connectivity index (χ2v) is 8.92. The number of aryl methyl sites for hydroxylation is 1. The number of piperidine rings is 1. The van der Waals surface area contributed by atoms with Crippen LogP contribution in [0.2, 0.25) is 0 Å². The highest BCUT2D eigenvalue weighted by Crippen LogP contribution is 2.31. The molecule has 3 heterocycles. The smallest absolute Gasteiger partial charge is 0.409 e. The normalized spacial score (nSPS) is 23.4. The highest BCUT2D eigenvalue weighted by molar-refractivity contribution is 7.12. The summed E-state index contributed by atoms with van der Waals surface area (Å²) >= 11 is 1.65. The van der Waals surface area contributed by atoms with E-state index in [1.165, 1.54) is 24.0 Å². The van der Waals surface area contributed by atoms with Crippen molar-refractivity contribution in [2.75, 3.05) is 45.9 Å². The van der Waals surface area contributed by atoms with Gasteiger partial charge >= 0.3 is 6.09 Å². The van der Waals surface area contributed by atoms with Crippen LogP contribution < -0.4 is 0 Å². The maximum Gasteiger partial charge on any atom is 0.409 e. The Labute approximate surface area is 171 Å². The molecule has 0 N–H and O–H groups in total. The molecule has 0 radical (unpaired) electrons. The van der Waals surface area contributed by atoms with Crippen molar-refractivity contribution in [3.63, 3.8) is 0 Å². The zero-order valence-electron chi connectivity index (χ0n) is 16.8. The van der Waals surface area contributed by atoms with Gasteiger partial charge in [-0.05, 0) is 62.0 Å². The summed E-state index contributed by atoms with van der Waals surface area (Å²) in [5.74, 6) is 0.239. The van der Waals surface area contributed by atoms with Crippen LogP contribution in [0, 0.1) is 0 Å². The van der Waals surface area contributed by atoms with E-state index in [9.17, 15) is 9.59 Å². The van der Waals surface area contributed by atoms with Crippen LogP contribution in [0.15, 0.2) is 5.38 Å². The standard InChI is InChI=1S/C21H31N3O3S/c1-2-27-21(26)23-12-10-22(11-13-23)17-7-5-9-24(14-17)20(25)19-18-8-4-3-6-16(18)15-28-19/h15,17H,2-14H2,1H3/t17-/m1/s1. The lowest BCUT2D eigenvalue weighted by Gasteiger charge is -2.43. The number of hydrogen-bond donors (Lipinski definition) is 0. The monoisotopic (exact) mass is 405 g/mol. The molecule has 1 aromatic rings. The summed E-state index contributed by atoms with van der Waals surface area (Å²) in [6.07, 6.45) is 6.64. The van der Waals surface area contributed by atoms with Crippen molar-refractivity contribution in [2.45, 2.75) is 51.5 Å². The van der Waals surface area contributed by atoms with Gasteiger partial charge in [0.1, 0.15) is 0 Å². The highest BCUT2D eigenvalue weighted by Gasteiger charge is 2.33. The minimum absolute atomic E-state index is 0.204. The lowest BCUT2D eigenvalue weighted by molar-refractivity contribution is 0.0379. The molecule has 0 unspecified atom stereocenters. The van der Waals surface area contributed by atoms with Gasteiger partial charge < -0.3 is 14.5 Å². The topological polar surface area (TPSA) is 53.1 Å². The lowest BCUT2D eigenvalue weighted by atomic mass is 9.93. The van der Waals surface area contributed by atoms with Crippen molar-refractivity contribution >= 4 is 23.3 Å². The second-order valence-electron chi connectivity index (χ2n) is 8.04. The van der Waals surface area contributed by atoms with Gasteiger partial charge in [0.25, 0.3) is 5.91 Å². The molecule has 0 bridgehead atoms. The Morgan fingerprint density at radius 1 is 1.07 bits per heavy atom.